The maximum atomic E-state index is 10.5. The van der Waals surface area contributed by atoms with Crippen molar-refractivity contribution in [2.24, 2.45) is 5.73 Å². The zero-order valence-electron chi connectivity index (χ0n) is 8.51. The molecule has 82 valence electrons. The van der Waals surface area contributed by atoms with E-state index in [0.717, 1.165) is 0 Å². The molecule has 1 atom stereocenters. The highest BCUT2D eigenvalue weighted by Crippen LogP contribution is 2.18. The Morgan fingerprint density at radius 1 is 1.67 bits per heavy atom. The molecule has 3 N–H and O–H groups in total. The molecule has 5 nitrogen and oxygen atoms in total. The van der Waals surface area contributed by atoms with Crippen LogP contribution in [-0.2, 0) is 4.79 Å². The largest absolute Gasteiger partial charge is 0.492 e. The summed E-state index contributed by atoms with van der Waals surface area (Å²) in [4.78, 5) is 14.4. The number of aromatic nitrogens is 1. The fourth-order valence-electron chi connectivity index (χ4n) is 1.19. The Labute approximate surface area is 87.9 Å². The number of pyridine rings is 1. The van der Waals surface area contributed by atoms with Gasteiger partial charge in [-0.3, -0.25) is 9.78 Å². The van der Waals surface area contributed by atoms with Gasteiger partial charge in [-0.2, -0.15) is 0 Å². The number of carbonyl (C=O) groups is 1. The quantitative estimate of drug-likeness (QED) is 0.755. The summed E-state index contributed by atoms with van der Waals surface area (Å²) in [5.74, 6) is -0.319. The standard InChI is InChI=1S/C10H14N2O3/c1-2-15-8-3-7(5-12-6-8)9(11)4-10(13)14/h3,5-6,9H,2,4,11H2,1H3,(H,13,14)/t9-/m0/s1. The van der Waals surface area contributed by atoms with Gasteiger partial charge in [0.15, 0.2) is 0 Å². The lowest BCUT2D eigenvalue weighted by atomic mass is 10.1. The highest BCUT2D eigenvalue weighted by molar-refractivity contribution is 5.67. The van der Waals surface area contributed by atoms with Crippen LogP contribution in [0.2, 0.25) is 0 Å². The van der Waals surface area contributed by atoms with E-state index in [9.17, 15) is 4.79 Å². The van der Waals surface area contributed by atoms with Crippen LogP contribution in [0.1, 0.15) is 24.9 Å². The fraction of sp³-hybridized carbons (Fsp3) is 0.400. The van der Waals surface area contributed by atoms with E-state index in [1.54, 1.807) is 18.5 Å². The smallest absolute Gasteiger partial charge is 0.305 e. The first kappa shape index (κ1) is 11.5. The molecule has 15 heavy (non-hydrogen) atoms. The van der Waals surface area contributed by atoms with Crippen molar-refractivity contribution in [3.05, 3.63) is 24.0 Å². The number of rotatable bonds is 5. The topological polar surface area (TPSA) is 85.4 Å². The minimum Gasteiger partial charge on any atom is -0.492 e. The average Bonchev–Trinajstić information content (AvgIpc) is 2.17. The van der Waals surface area contributed by atoms with E-state index in [1.165, 1.54) is 0 Å². The number of carboxylic acids is 1. The summed E-state index contributed by atoms with van der Waals surface area (Å²) in [6.45, 7) is 2.41. The first-order chi connectivity index (χ1) is 7.13. The minimum absolute atomic E-state index is 0.114. The van der Waals surface area contributed by atoms with E-state index in [-0.39, 0.29) is 6.42 Å². The average molecular weight is 210 g/mol. The van der Waals surface area contributed by atoms with Crippen LogP contribution in [0.4, 0.5) is 0 Å². The van der Waals surface area contributed by atoms with E-state index < -0.39 is 12.0 Å². The predicted molar refractivity (Wildman–Crippen MR) is 54.6 cm³/mol. The Kier molecular flexibility index (Phi) is 4.05. The lowest BCUT2D eigenvalue weighted by Crippen LogP contribution is -2.15. The zero-order chi connectivity index (χ0) is 11.3. The molecule has 0 aliphatic heterocycles. The van der Waals surface area contributed by atoms with E-state index in [0.29, 0.717) is 17.9 Å². The Morgan fingerprint density at radius 3 is 3.00 bits per heavy atom. The summed E-state index contributed by atoms with van der Waals surface area (Å²) in [6.07, 6.45) is 3.01. The van der Waals surface area contributed by atoms with Crippen molar-refractivity contribution in [1.82, 2.24) is 4.98 Å². The van der Waals surface area contributed by atoms with Crippen molar-refractivity contribution in [2.75, 3.05) is 6.61 Å². The summed E-state index contributed by atoms with van der Waals surface area (Å²) in [5, 5.41) is 8.59. The molecule has 1 rings (SSSR count). The van der Waals surface area contributed by atoms with Gasteiger partial charge in [0.2, 0.25) is 0 Å². The van der Waals surface area contributed by atoms with Gasteiger partial charge in [0, 0.05) is 12.2 Å². The van der Waals surface area contributed by atoms with Crippen LogP contribution in [0.15, 0.2) is 18.5 Å². The van der Waals surface area contributed by atoms with Gasteiger partial charge in [0.05, 0.1) is 19.2 Å². The number of nitrogens with zero attached hydrogens (tertiary/aromatic N) is 1. The molecule has 1 aromatic heterocycles. The Bertz CT molecular complexity index is 341. The molecule has 0 radical (unpaired) electrons. The molecule has 1 aromatic rings. The number of ether oxygens (including phenoxy) is 1. The van der Waals surface area contributed by atoms with Crippen molar-refractivity contribution in [2.45, 2.75) is 19.4 Å². The van der Waals surface area contributed by atoms with Crippen molar-refractivity contribution < 1.29 is 14.6 Å². The molecule has 0 spiro atoms. The fourth-order valence-corrected chi connectivity index (χ4v) is 1.19. The second-order valence-corrected chi connectivity index (χ2v) is 3.09. The summed E-state index contributed by atoms with van der Waals surface area (Å²) < 4.78 is 5.24. The molecule has 5 heteroatoms. The van der Waals surface area contributed by atoms with Gasteiger partial charge in [-0.1, -0.05) is 0 Å². The SMILES string of the molecule is CCOc1cncc([C@@H](N)CC(=O)O)c1. The van der Waals surface area contributed by atoms with Crippen LogP contribution >= 0.6 is 0 Å². The summed E-state index contributed by atoms with van der Waals surface area (Å²) >= 11 is 0. The van der Waals surface area contributed by atoms with Gasteiger partial charge in [0.25, 0.3) is 0 Å². The molecule has 0 aliphatic rings. The molecule has 0 saturated carbocycles. The van der Waals surface area contributed by atoms with E-state index >= 15 is 0 Å². The maximum Gasteiger partial charge on any atom is 0.305 e. The van der Waals surface area contributed by atoms with Crippen molar-refractivity contribution in [3.63, 3.8) is 0 Å². The van der Waals surface area contributed by atoms with Crippen LogP contribution in [0, 0.1) is 0 Å². The maximum absolute atomic E-state index is 10.5. The summed E-state index contributed by atoms with van der Waals surface area (Å²) in [6, 6.07) is 1.17. The molecule has 0 amide bonds. The van der Waals surface area contributed by atoms with Gasteiger partial charge < -0.3 is 15.6 Å². The summed E-state index contributed by atoms with van der Waals surface area (Å²) in [5.41, 5.74) is 6.35. The number of nitrogens with two attached hydrogens (primary N) is 1. The van der Waals surface area contributed by atoms with Crippen LogP contribution in [0.25, 0.3) is 0 Å². The normalized spacial score (nSPS) is 12.1. The highest BCUT2D eigenvalue weighted by Gasteiger charge is 2.11. The first-order valence-electron chi connectivity index (χ1n) is 4.68. The third kappa shape index (κ3) is 3.55. The Balaban J connectivity index is 2.75. The second-order valence-electron chi connectivity index (χ2n) is 3.09. The molecule has 0 saturated heterocycles. The predicted octanol–water partition coefficient (Wildman–Crippen LogP) is 0.955. The van der Waals surface area contributed by atoms with E-state index in [1.807, 2.05) is 6.92 Å². The molecule has 0 fully saturated rings. The van der Waals surface area contributed by atoms with Crippen LogP contribution in [0.5, 0.6) is 5.75 Å². The lowest BCUT2D eigenvalue weighted by molar-refractivity contribution is -0.137. The van der Waals surface area contributed by atoms with Crippen LogP contribution in [-0.4, -0.2) is 22.7 Å². The molecular formula is C10H14N2O3. The van der Waals surface area contributed by atoms with Crippen molar-refractivity contribution in [1.29, 1.82) is 0 Å². The third-order valence-electron chi connectivity index (χ3n) is 1.87. The second kappa shape index (κ2) is 5.31. The van der Waals surface area contributed by atoms with E-state index in [2.05, 4.69) is 4.98 Å². The monoisotopic (exact) mass is 210 g/mol. The van der Waals surface area contributed by atoms with Crippen LogP contribution < -0.4 is 10.5 Å². The van der Waals surface area contributed by atoms with Gasteiger partial charge in [-0.05, 0) is 18.6 Å². The van der Waals surface area contributed by atoms with Gasteiger partial charge in [-0.25, -0.2) is 0 Å². The number of carboxylic acid groups (broad SMARTS) is 1. The number of hydrogen-bond acceptors (Lipinski definition) is 4. The lowest BCUT2D eigenvalue weighted by Gasteiger charge is -2.10. The third-order valence-corrected chi connectivity index (χ3v) is 1.87. The molecule has 0 aliphatic carbocycles. The van der Waals surface area contributed by atoms with Gasteiger partial charge in [-0.15, -0.1) is 0 Å². The van der Waals surface area contributed by atoms with Crippen molar-refractivity contribution >= 4 is 5.97 Å². The minimum atomic E-state index is -0.927. The molecule has 1 heterocycles. The van der Waals surface area contributed by atoms with Crippen LogP contribution in [0.3, 0.4) is 0 Å². The summed E-state index contributed by atoms with van der Waals surface area (Å²) in [7, 11) is 0. The first-order valence-corrected chi connectivity index (χ1v) is 4.68. The number of aliphatic carboxylic acids is 1. The van der Waals surface area contributed by atoms with Crippen molar-refractivity contribution in [3.8, 4) is 5.75 Å². The molecule has 0 unspecified atom stereocenters. The van der Waals surface area contributed by atoms with E-state index in [4.69, 9.17) is 15.6 Å². The Morgan fingerprint density at radius 2 is 2.40 bits per heavy atom. The molecule has 0 aromatic carbocycles. The number of hydrogen-bond donors (Lipinski definition) is 2. The molecular weight excluding hydrogens is 196 g/mol. The highest BCUT2D eigenvalue weighted by atomic mass is 16.5. The zero-order valence-corrected chi connectivity index (χ0v) is 8.51. The Hall–Kier alpha value is -1.62. The van der Waals surface area contributed by atoms with Gasteiger partial charge in [0.1, 0.15) is 5.75 Å². The van der Waals surface area contributed by atoms with Gasteiger partial charge >= 0.3 is 5.97 Å². The molecule has 0 bridgehead atoms.